The first-order valence-corrected chi connectivity index (χ1v) is 10.0. The number of aliphatic imine (C=N–C) groups is 2. The largest absolute Gasteiger partial charge is 0.350 e. The summed E-state index contributed by atoms with van der Waals surface area (Å²) in [5, 5.41) is 4.90. The number of hydrogen-bond acceptors (Lipinski definition) is 10. The van der Waals surface area contributed by atoms with Gasteiger partial charge in [-0.05, 0) is 25.0 Å². The highest BCUT2D eigenvalue weighted by Gasteiger charge is 1.85. The fourth-order valence-electron chi connectivity index (χ4n) is 0.204. The van der Waals surface area contributed by atoms with E-state index in [-0.39, 0.29) is 25.3 Å². The molecule has 0 bridgehead atoms. The van der Waals surface area contributed by atoms with Crippen molar-refractivity contribution in [3.05, 3.63) is 0 Å². The molecule has 0 rings (SSSR count). The number of hydrogen-bond donors (Lipinski definition) is 4. The summed E-state index contributed by atoms with van der Waals surface area (Å²) < 4.78 is 0. The molecule has 0 aromatic carbocycles. The molecule has 0 saturated heterocycles. The first kappa shape index (κ1) is 49.9. The van der Waals surface area contributed by atoms with Crippen molar-refractivity contribution in [1.29, 1.82) is 0 Å². The van der Waals surface area contributed by atoms with Gasteiger partial charge < -0.3 is 10.6 Å². The van der Waals surface area contributed by atoms with Gasteiger partial charge in [-0.2, -0.15) is 25.3 Å². The van der Waals surface area contributed by atoms with Gasteiger partial charge in [-0.15, -0.1) is 0 Å². The van der Waals surface area contributed by atoms with Crippen molar-refractivity contribution in [1.82, 2.24) is 10.6 Å². The number of nitrogens with zero attached hydrogens (tertiary/aromatic N) is 2. The number of isocyanates is 2. The molecular formula is C14H36N4O4S4. The lowest BCUT2D eigenvalue weighted by molar-refractivity contribution is 0.261. The Bertz CT molecular complexity index is 293. The molecule has 0 saturated carbocycles. The maximum atomic E-state index is 10.0. The average Bonchev–Trinajstić information content (AvgIpc) is 2.70. The molecule has 160 valence electrons. The highest BCUT2D eigenvalue weighted by molar-refractivity contribution is 8.13. The molecule has 0 fully saturated rings. The normalized spacial score (nSPS) is 5.31. The van der Waals surface area contributed by atoms with E-state index in [0.717, 1.165) is 0 Å². The van der Waals surface area contributed by atoms with Crippen LogP contribution in [0.2, 0.25) is 0 Å². The Labute approximate surface area is 179 Å². The van der Waals surface area contributed by atoms with Crippen LogP contribution < -0.4 is 10.6 Å². The summed E-state index contributed by atoms with van der Waals surface area (Å²) in [6.07, 6.45) is 9.47. The van der Waals surface area contributed by atoms with Crippen molar-refractivity contribution in [3.63, 3.8) is 0 Å². The van der Waals surface area contributed by atoms with Crippen LogP contribution in [0.3, 0.4) is 0 Å². The van der Waals surface area contributed by atoms with Gasteiger partial charge in [-0.25, -0.2) is 19.6 Å². The monoisotopic (exact) mass is 452 g/mol. The third-order valence-corrected chi connectivity index (χ3v) is 2.11. The summed E-state index contributed by atoms with van der Waals surface area (Å²) >= 11 is 9.41. The Kier molecular flexibility index (Phi) is 144. The van der Waals surface area contributed by atoms with Gasteiger partial charge in [0.25, 0.3) is 10.5 Å². The first-order valence-electron chi connectivity index (χ1n) is 5.78. The molecule has 0 atom stereocenters. The minimum atomic E-state index is 0. The van der Waals surface area contributed by atoms with Crippen molar-refractivity contribution < 1.29 is 19.2 Å². The third-order valence-electron chi connectivity index (χ3n) is 0.962. The molecule has 0 radical (unpaired) electrons. The molecule has 0 spiro atoms. The van der Waals surface area contributed by atoms with Crippen molar-refractivity contribution in [3.8, 4) is 0 Å². The number of rotatable bonds is 0. The fourth-order valence-corrected chi connectivity index (χ4v) is 0.612. The fraction of sp³-hybridized carbons (Fsp3) is 0.714. The van der Waals surface area contributed by atoms with Crippen LogP contribution in [0.5, 0.6) is 0 Å². The number of carbonyl (C=O) groups is 2. The van der Waals surface area contributed by atoms with E-state index in [1.807, 2.05) is 0 Å². The number of thiol groups is 2. The predicted octanol–water partition coefficient (Wildman–Crippen LogP) is 3.65. The first-order chi connectivity index (χ1) is 11.4. The second-order valence-corrected chi connectivity index (χ2v) is 3.67. The zero-order chi connectivity index (χ0) is 20.8. The van der Waals surface area contributed by atoms with E-state index in [1.54, 1.807) is 39.1 Å². The minimum Gasteiger partial charge on any atom is -0.350 e. The van der Waals surface area contributed by atoms with Crippen molar-refractivity contribution in [2.45, 2.75) is 14.9 Å². The van der Waals surface area contributed by atoms with Gasteiger partial charge in [0.05, 0.1) is 0 Å². The summed E-state index contributed by atoms with van der Waals surface area (Å²) in [6, 6.07) is 0. The van der Waals surface area contributed by atoms with Gasteiger partial charge in [0.15, 0.2) is 0 Å². The SMILES string of the molecule is C.C.CN=C=O.CN=C=O.CNC(=O)SC.CNC(=O)SC.CS.CS. The van der Waals surface area contributed by atoms with Gasteiger partial charge in [0, 0.05) is 28.2 Å². The Balaban J connectivity index is -0.0000000257. The lowest BCUT2D eigenvalue weighted by atomic mass is 11.2. The zero-order valence-corrected chi connectivity index (χ0v) is 18.7. The van der Waals surface area contributed by atoms with Crippen LogP contribution in [-0.2, 0) is 9.59 Å². The van der Waals surface area contributed by atoms with Crippen molar-refractivity contribution in [2.75, 3.05) is 53.2 Å². The molecular weight excluding hydrogens is 416 g/mol. The number of thioether (sulfide) groups is 2. The van der Waals surface area contributed by atoms with Crippen LogP contribution in [-0.4, -0.2) is 75.9 Å². The van der Waals surface area contributed by atoms with Crippen LogP contribution in [0.25, 0.3) is 0 Å². The molecule has 8 nitrogen and oxygen atoms in total. The third kappa shape index (κ3) is 136. The highest BCUT2D eigenvalue weighted by atomic mass is 32.2. The predicted molar refractivity (Wildman–Crippen MR) is 127 cm³/mol. The van der Waals surface area contributed by atoms with Crippen molar-refractivity contribution >= 4 is 71.4 Å². The standard InChI is InChI=1S/2C3H7NOS.2C2H3NO.2CH4S.2CH4/c2*1-4-3(5)6-2;2*1-3-2-4;2*1-2;;/h2*1-2H3,(H,4,5);2*1H3;2*2H,1H3;2*1H4. The van der Waals surface area contributed by atoms with Gasteiger partial charge >= 0.3 is 0 Å². The van der Waals surface area contributed by atoms with Gasteiger partial charge in [0.1, 0.15) is 0 Å². The Morgan fingerprint density at radius 3 is 0.923 bits per heavy atom. The Morgan fingerprint density at radius 2 is 0.923 bits per heavy atom. The molecule has 26 heavy (non-hydrogen) atoms. The molecule has 0 aliphatic carbocycles. The second kappa shape index (κ2) is 74.9. The second-order valence-electron chi connectivity index (χ2n) is 2.11. The van der Waals surface area contributed by atoms with Crippen molar-refractivity contribution in [2.24, 2.45) is 9.98 Å². The van der Waals surface area contributed by atoms with Gasteiger partial charge in [-0.1, -0.05) is 38.4 Å². The molecule has 2 N–H and O–H groups in total. The summed E-state index contributed by atoms with van der Waals surface area (Å²) in [6.45, 7) is 0. The van der Waals surface area contributed by atoms with E-state index in [1.165, 1.54) is 49.8 Å². The van der Waals surface area contributed by atoms with Gasteiger partial charge in [-0.3, -0.25) is 9.59 Å². The van der Waals surface area contributed by atoms with Crippen LogP contribution in [0.1, 0.15) is 14.9 Å². The molecule has 0 aromatic rings. The molecule has 0 heterocycles. The quantitative estimate of drug-likeness (QED) is 0.253. The molecule has 2 amide bonds. The van der Waals surface area contributed by atoms with Crippen LogP contribution >= 0.6 is 48.8 Å². The molecule has 0 unspecified atom stereocenters. The van der Waals surface area contributed by atoms with E-state index in [2.05, 4.69) is 45.9 Å². The Morgan fingerprint density at radius 1 is 0.769 bits per heavy atom. The maximum absolute atomic E-state index is 10.0. The average molecular weight is 453 g/mol. The number of carbonyl (C=O) groups excluding carboxylic acids is 4. The lowest BCUT2D eigenvalue weighted by Crippen LogP contribution is -2.09. The highest BCUT2D eigenvalue weighted by Crippen LogP contribution is 1.89. The van der Waals surface area contributed by atoms with E-state index in [0.29, 0.717) is 0 Å². The van der Waals surface area contributed by atoms with E-state index < -0.39 is 0 Å². The minimum absolute atomic E-state index is 0. The lowest BCUT2D eigenvalue weighted by Gasteiger charge is -1.86. The smallest absolute Gasteiger partial charge is 0.278 e. The summed E-state index contributed by atoms with van der Waals surface area (Å²) in [4.78, 5) is 43.7. The zero-order valence-electron chi connectivity index (χ0n) is 15.2. The summed E-state index contributed by atoms with van der Waals surface area (Å²) in [5.74, 6) is 0. The summed E-state index contributed by atoms with van der Waals surface area (Å²) in [5.41, 5.74) is 0. The van der Waals surface area contributed by atoms with Crippen LogP contribution in [0.4, 0.5) is 9.59 Å². The van der Waals surface area contributed by atoms with Crippen LogP contribution in [0, 0.1) is 0 Å². The molecule has 12 heteroatoms. The van der Waals surface area contributed by atoms with E-state index in [4.69, 9.17) is 9.59 Å². The van der Waals surface area contributed by atoms with Gasteiger partial charge in [0.2, 0.25) is 12.2 Å². The molecule has 0 aromatic heterocycles. The van der Waals surface area contributed by atoms with Crippen LogP contribution in [0.15, 0.2) is 9.98 Å². The number of nitrogens with one attached hydrogen (secondary N) is 2. The summed E-state index contributed by atoms with van der Waals surface area (Å²) in [7, 11) is 5.98. The van der Waals surface area contributed by atoms with E-state index in [9.17, 15) is 9.59 Å². The maximum Gasteiger partial charge on any atom is 0.278 e. The topological polar surface area (TPSA) is 117 Å². The molecule has 0 aliphatic heterocycles. The number of amides is 2. The Hall–Kier alpha value is -0.900. The molecule has 0 aliphatic rings. The van der Waals surface area contributed by atoms with E-state index >= 15 is 0 Å².